The van der Waals surface area contributed by atoms with Crippen LogP contribution in [-0.2, 0) is 0 Å². The number of benzene rings is 2. The monoisotopic (exact) mass is 255 g/mol. The maximum atomic E-state index is 11.7. The molecule has 0 radical (unpaired) electrons. The van der Waals surface area contributed by atoms with Crippen molar-refractivity contribution in [1.29, 1.82) is 0 Å². The number of para-hydroxylation sites is 1. The van der Waals surface area contributed by atoms with Crippen LogP contribution in [0.15, 0.2) is 59.4 Å². The molecule has 1 heterocycles. The average molecular weight is 256 g/mol. The number of fused-ring (bicyclic) bond motifs is 1. The van der Waals surface area contributed by atoms with Gasteiger partial charge in [0.15, 0.2) is 0 Å². The molecule has 2 nitrogen and oxygen atoms in total. The lowest BCUT2D eigenvalue weighted by Gasteiger charge is -2.06. The van der Waals surface area contributed by atoms with E-state index in [9.17, 15) is 4.79 Å². The van der Waals surface area contributed by atoms with Crippen LogP contribution < -0.4 is 5.56 Å². The highest BCUT2D eigenvalue weighted by atomic mass is 35.5. The van der Waals surface area contributed by atoms with Crippen LogP contribution in [0.4, 0.5) is 0 Å². The Morgan fingerprint density at radius 3 is 2.44 bits per heavy atom. The van der Waals surface area contributed by atoms with Crippen LogP contribution in [-0.4, -0.2) is 4.98 Å². The number of pyridine rings is 1. The van der Waals surface area contributed by atoms with Crippen molar-refractivity contribution in [2.45, 2.75) is 0 Å². The fourth-order valence-electron chi connectivity index (χ4n) is 2.07. The first kappa shape index (κ1) is 11.1. The van der Waals surface area contributed by atoms with Gasteiger partial charge >= 0.3 is 0 Å². The van der Waals surface area contributed by atoms with Crippen molar-refractivity contribution < 1.29 is 0 Å². The van der Waals surface area contributed by atoms with Gasteiger partial charge in [-0.1, -0.05) is 41.9 Å². The number of rotatable bonds is 1. The van der Waals surface area contributed by atoms with Crippen LogP contribution in [0.1, 0.15) is 0 Å². The van der Waals surface area contributed by atoms with Crippen molar-refractivity contribution in [3.05, 3.63) is 70.0 Å². The van der Waals surface area contributed by atoms with E-state index in [1.54, 1.807) is 6.07 Å². The van der Waals surface area contributed by atoms with Gasteiger partial charge < -0.3 is 4.98 Å². The fourth-order valence-corrected chi connectivity index (χ4v) is 2.20. The maximum absolute atomic E-state index is 11.7. The number of halogens is 1. The molecule has 0 amide bonds. The number of H-pyrrole nitrogens is 1. The molecule has 3 rings (SSSR count). The lowest BCUT2D eigenvalue weighted by Crippen LogP contribution is -2.04. The molecule has 0 fully saturated rings. The molecule has 0 aliphatic carbocycles. The van der Waals surface area contributed by atoms with Crippen LogP contribution in [0.25, 0.3) is 22.0 Å². The molecule has 0 saturated heterocycles. The average Bonchev–Trinajstić information content (AvgIpc) is 2.38. The molecular weight excluding hydrogens is 246 g/mol. The normalized spacial score (nSPS) is 10.7. The molecule has 0 spiro atoms. The molecule has 3 heteroatoms. The second-order valence-corrected chi connectivity index (χ2v) is 4.54. The summed E-state index contributed by atoms with van der Waals surface area (Å²) in [4.78, 5) is 14.5. The number of aromatic amines is 1. The SMILES string of the molecule is O=c1cc(-c2ccc(Cl)cc2)c2ccccc2[nH]1. The summed E-state index contributed by atoms with van der Waals surface area (Å²) in [6, 6.07) is 16.9. The highest BCUT2D eigenvalue weighted by molar-refractivity contribution is 6.30. The van der Waals surface area contributed by atoms with Gasteiger partial charge in [-0.2, -0.15) is 0 Å². The second kappa shape index (κ2) is 4.31. The summed E-state index contributed by atoms with van der Waals surface area (Å²) in [5.41, 5.74) is 2.65. The van der Waals surface area contributed by atoms with Gasteiger partial charge in [0.25, 0.3) is 0 Å². The zero-order chi connectivity index (χ0) is 12.5. The first-order valence-corrected chi connectivity index (χ1v) is 6.00. The largest absolute Gasteiger partial charge is 0.322 e. The summed E-state index contributed by atoms with van der Waals surface area (Å²) in [6.45, 7) is 0. The molecule has 0 aliphatic rings. The van der Waals surface area contributed by atoms with Gasteiger partial charge in [-0.05, 0) is 29.3 Å². The molecular formula is C15H10ClNO. The van der Waals surface area contributed by atoms with Gasteiger partial charge in [0.1, 0.15) is 0 Å². The Morgan fingerprint density at radius 1 is 0.944 bits per heavy atom. The highest BCUT2D eigenvalue weighted by Crippen LogP contribution is 2.26. The molecule has 0 saturated carbocycles. The van der Waals surface area contributed by atoms with Crippen LogP contribution in [0.5, 0.6) is 0 Å². The molecule has 3 aromatic rings. The van der Waals surface area contributed by atoms with E-state index in [1.165, 1.54) is 0 Å². The lowest BCUT2D eigenvalue weighted by molar-refractivity contribution is 1.31. The molecule has 2 aromatic carbocycles. The van der Waals surface area contributed by atoms with Crippen molar-refractivity contribution in [3.63, 3.8) is 0 Å². The highest BCUT2D eigenvalue weighted by Gasteiger charge is 2.05. The molecule has 0 aliphatic heterocycles. The third-order valence-corrected chi connectivity index (χ3v) is 3.16. The first-order chi connectivity index (χ1) is 8.74. The van der Waals surface area contributed by atoms with Crippen LogP contribution >= 0.6 is 11.6 Å². The third-order valence-electron chi connectivity index (χ3n) is 2.91. The van der Waals surface area contributed by atoms with Gasteiger partial charge in [-0.3, -0.25) is 4.79 Å². The van der Waals surface area contributed by atoms with Crippen LogP contribution in [0.3, 0.4) is 0 Å². The number of hydrogen-bond acceptors (Lipinski definition) is 1. The topological polar surface area (TPSA) is 32.9 Å². The molecule has 88 valence electrons. The second-order valence-electron chi connectivity index (χ2n) is 4.10. The standard InChI is InChI=1S/C15H10ClNO/c16-11-7-5-10(6-8-11)13-9-15(18)17-14-4-2-1-3-12(13)14/h1-9H,(H,17,18). The predicted octanol–water partition coefficient (Wildman–Crippen LogP) is 3.85. The minimum atomic E-state index is -0.0985. The van der Waals surface area contributed by atoms with Gasteiger partial charge in [0.05, 0.1) is 0 Å². The summed E-state index contributed by atoms with van der Waals surface area (Å²) in [6.07, 6.45) is 0. The fraction of sp³-hybridized carbons (Fsp3) is 0. The van der Waals surface area contributed by atoms with Crippen molar-refractivity contribution in [3.8, 4) is 11.1 Å². The van der Waals surface area contributed by atoms with E-state index in [4.69, 9.17) is 11.6 Å². The summed E-state index contributed by atoms with van der Waals surface area (Å²) < 4.78 is 0. The molecule has 0 bridgehead atoms. The Kier molecular flexibility index (Phi) is 2.65. The summed E-state index contributed by atoms with van der Waals surface area (Å²) in [7, 11) is 0. The zero-order valence-corrected chi connectivity index (χ0v) is 10.2. The Morgan fingerprint density at radius 2 is 1.67 bits per heavy atom. The third kappa shape index (κ3) is 1.91. The summed E-state index contributed by atoms with van der Waals surface area (Å²) >= 11 is 5.88. The van der Waals surface area contributed by atoms with E-state index in [-0.39, 0.29) is 5.56 Å². The molecule has 18 heavy (non-hydrogen) atoms. The van der Waals surface area contributed by atoms with E-state index < -0.39 is 0 Å². The van der Waals surface area contributed by atoms with E-state index in [0.717, 1.165) is 22.0 Å². The van der Waals surface area contributed by atoms with Gasteiger partial charge in [-0.15, -0.1) is 0 Å². The maximum Gasteiger partial charge on any atom is 0.249 e. The van der Waals surface area contributed by atoms with E-state index in [1.807, 2.05) is 48.5 Å². The van der Waals surface area contributed by atoms with Gasteiger partial charge in [-0.25, -0.2) is 0 Å². The summed E-state index contributed by atoms with van der Waals surface area (Å²) in [5.74, 6) is 0. The Balaban J connectivity index is 2.34. The van der Waals surface area contributed by atoms with Crippen molar-refractivity contribution in [1.82, 2.24) is 4.98 Å². The van der Waals surface area contributed by atoms with Crippen molar-refractivity contribution in [2.24, 2.45) is 0 Å². The molecule has 1 aromatic heterocycles. The Hall–Kier alpha value is -2.06. The minimum Gasteiger partial charge on any atom is -0.322 e. The van der Waals surface area contributed by atoms with E-state index in [0.29, 0.717) is 5.02 Å². The lowest BCUT2D eigenvalue weighted by atomic mass is 10.0. The van der Waals surface area contributed by atoms with Crippen molar-refractivity contribution in [2.75, 3.05) is 0 Å². The quantitative estimate of drug-likeness (QED) is 0.704. The number of aromatic nitrogens is 1. The Labute approximate surface area is 109 Å². The first-order valence-electron chi connectivity index (χ1n) is 5.62. The van der Waals surface area contributed by atoms with Crippen molar-refractivity contribution >= 4 is 22.5 Å². The van der Waals surface area contributed by atoms with Crippen LogP contribution in [0.2, 0.25) is 5.02 Å². The zero-order valence-electron chi connectivity index (χ0n) is 9.48. The van der Waals surface area contributed by atoms with Gasteiger partial charge in [0.2, 0.25) is 5.56 Å². The molecule has 0 unspecified atom stereocenters. The molecule has 0 atom stereocenters. The number of nitrogens with one attached hydrogen (secondary N) is 1. The minimum absolute atomic E-state index is 0.0985. The Bertz CT molecular complexity index is 759. The number of hydrogen-bond donors (Lipinski definition) is 1. The van der Waals surface area contributed by atoms with Gasteiger partial charge in [0, 0.05) is 22.0 Å². The van der Waals surface area contributed by atoms with E-state index >= 15 is 0 Å². The molecule has 1 N–H and O–H groups in total. The predicted molar refractivity (Wildman–Crippen MR) is 75.0 cm³/mol. The van der Waals surface area contributed by atoms with E-state index in [2.05, 4.69) is 4.98 Å². The van der Waals surface area contributed by atoms with Crippen LogP contribution in [0, 0.1) is 0 Å². The summed E-state index contributed by atoms with van der Waals surface area (Å²) in [5, 5.41) is 1.72. The smallest absolute Gasteiger partial charge is 0.249 e.